The molecule has 0 unspecified atom stereocenters. The zero-order valence-corrected chi connectivity index (χ0v) is 9.97. The third-order valence-corrected chi connectivity index (χ3v) is 5.76. The van der Waals surface area contributed by atoms with Crippen molar-refractivity contribution < 1.29 is 9.22 Å². The first-order chi connectivity index (χ1) is 5.27. The minimum Gasteiger partial charge on any atom is -0.414 e. The van der Waals surface area contributed by atoms with E-state index in [-0.39, 0.29) is 17.4 Å². The van der Waals surface area contributed by atoms with Gasteiger partial charge in [0, 0.05) is 11.6 Å². The molecule has 12 heavy (non-hydrogen) atoms. The third kappa shape index (κ3) is 3.50. The molecule has 1 atom stereocenters. The molecule has 0 heterocycles. The molecule has 0 aliphatic rings. The summed E-state index contributed by atoms with van der Waals surface area (Å²) in [6.07, 6.45) is 0.230. The van der Waals surface area contributed by atoms with Crippen LogP contribution in [0, 0.1) is 0 Å². The van der Waals surface area contributed by atoms with Crippen LogP contribution in [0.5, 0.6) is 0 Å². The first kappa shape index (κ1) is 11.8. The first-order valence-corrected chi connectivity index (χ1v) is 7.44. The van der Waals surface area contributed by atoms with E-state index in [0.717, 1.165) is 0 Å². The smallest absolute Gasteiger partial charge is 0.197 e. The van der Waals surface area contributed by atoms with Crippen LogP contribution in [-0.4, -0.2) is 20.2 Å². The van der Waals surface area contributed by atoms with Gasteiger partial charge >= 0.3 is 0 Å². The monoisotopic (exact) mass is 188 g/mol. The number of rotatable bonds is 4. The van der Waals surface area contributed by atoms with Crippen molar-refractivity contribution in [1.82, 2.24) is 0 Å². The molecule has 72 valence electrons. The van der Waals surface area contributed by atoms with Crippen LogP contribution in [0.2, 0.25) is 18.6 Å². The van der Waals surface area contributed by atoms with Crippen LogP contribution in [0.3, 0.4) is 0 Å². The Balaban J connectivity index is 4.28. The molecular weight excluding hydrogens is 168 g/mol. The molecule has 0 saturated heterocycles. The molecule has 3 heteroatoms. The van der Waals surface area contributed by atoms with E-state index in [4.69, 9.17) is 4.43 Å². The summed E-state index contributed by atoms with van der Waals surface area (Å²) in [4.78, 5) is 11.1. The normalized spacial score (nSPS) is 14.9. The maximum absolute atomic E-state index is 11.1. The average Bonchev–Trinajstić information content (AvgIpc) is 1.82. The molecule has 0 saturated carbocycles. The Morgan fingerprint density at radius 2 is 1.67 bits per heavy atom. The van der Waals surface area contributed by atoms with Gasteiger partial charge in [-0.2, -0.15) is 0 Å². The van der Waals surface area contributed by atoms with Crippen molar-refractivity contribution in [2.45, 2.75) is 52.4 Å². The van der Waals surface area contributed by atoms with E-state index < -0.39 is 8.32 Å². The second-order valence-corrected chi connectivity index (χ2v) is 8.41. The molecule has 0 radical (unpaired) electrons. The van der Waals surface area contributed by atoms with Crippen LogP contribution in [0.1, 0.15) is 27.7 Å². The summed E-state index contributed by atoms with van der Waals surface area (Å²) in [6, 6.07) is 0. The number of hydrogen-bond acceptors (Lipinski definition) is 2. The summed E-state index contributed by atoms with van der Waals surface area (Å²) < 4.78 is 5.78. The van der Waals surface area contributed by atoms with Gasteiger partial charge in [0.05, 0.1) is 0 Å². The van der Waals surface area contributed by atoms with Crippen LogP contribution in [-0.2, 0) is 9.22 Å². The molecule has 2 nitrogen and oxygen atoms in total. The molecule has 0 aliphatic heterocycles. The van der Waals surface area contributed by atoms with Crippen molar-refractivity contribution in [3.05, 3.63) is 0 Å². The van der Waals surface area contributed by atoms with Gasteiger partial charge in [0.15, 0.2) is 8.32 Å². The largest absolute Gasteiger partial charge is 0.414 e. The highest BCUT2D eigenvalue weighted by molar-refractivity contribution is 6.75. The molecule has 0 bridgehead atoms. The van der Waals surface area contributed by atoms with Crippen LogP contribution in [0.25, 0.3) is 0 Å². The predicted octanol–water partition coefficient (Wildman–Crippen LogP) is 2.60. The van der Waals surface area contributed by atoms with Gasteiger partial charge in [0.1, 0.15) is 5.78 Å². The fraction of sp³-hybridized carbons (Fsp3) is 0.889. The minimum atomic E-state index is -1.78. The van der Waals surface area contributed by atoms with E-state index >= 15 is 0 Å². The van der Waals surface area contributed by atoms with E-state index in [1.54, 1.807) is 6.92 Å². The number of carbonyl (C=O) groups excluding carboxylic acids is 1. The number of ketones is 1. The fourth-order valence-electron chi connectivity index (χ4n) is 1.20. The Morgan fingerprint density at radius 1 is 1.25 bits per heavy atom. The summed E-state index contributed by atoms with van der Waals surface area (Å²) >= 11 is 0. The molecule has 0 N–H and O–H groups in total. The van der Waals surface area contributed by atoms with Gasteiger partial charge in [-0.3, -0.25) is 4.79 Å². The summed E-state index contributed by atoms with van der Waals surface area (Å²) in [7, 11) is -1.78. The van der Waals surface area contributed by atoms with Crippen molar-refractivity contribution in [1.29, 1.82) is 0 Å². The fourth-order valence-corrected chi connectivity index (χ4v) is 3.60. The quantitative estimate of drug-likeness (QED) is 0.634. The molecule has 0 amide bonds. The zero-order chi connectivity index (χ0) is 9.94. The van der Waals surface area contributed by atoms with Crippen LogP contribution < -0.4 is 0 Å². The standard InChI is InChI=1S/C9H20O2Si/c1-7(2)11-12(5,6)9(4)8(3)10/h7,9H,1-6H3/t9-/m0/s1. The Morgan fingerprint density at radius 3 is 1.92 bits per heavy atom. The summed E-state index contributed by atoms with van der Waals surface area (Å²) in [5.74, 6) is 0.243. The van der Waals surface area contributed by atoms with Crippen LogP contribution in [0.15, 0.2) is 0 Å². The lowest BCUT2D eigenvalue weighted by atomic mass is 10.3. The van der Waals surface area contributed by atoms with Gasteiger partial charge in [-0.25, -0.2) is 0 Å². The van der Waals surface area contributed by atoms with E-state index in [0.29, 0.717) is 0 Å². The van der Waals surface area contributed by atoms with E-state index in [1.807, 2.05) is 20.8 Å². The molecule has 0 aromatic carbocycles. The molecule has 0 aromatic heterocycles. The second-order valence-electron chi connectivity index (χ2n) is 4.10. The summed E-state index contributed by atoms with van der Waals surface area (Å²) in [6.45, 7) is 11.8. The maximum Gasteiger partial charge on any atom is 0.197 e. The van der Waals surface area contributed by atoms with Crippen LogP contribution >= 0.6 is 0 Å². The van der Waals surface area contributed by atoms with Crippen molar-refractivity contribution in [2.75, 3.05) is 0 Å². The molecule has 0 spiro atoms. The van der Waals surface area contributed by atoms with Gasteiger partial charge in [-0.1, -0.05) is 6.92 Å². The Kier molecular flexibility index (Phi) is 4.13. The molecule has 0 rings (SSSR count). The van der Waals surface area contributed by atoms with E-state index in [1.165, 1.54) is 0 Å². The van der Waals surface area contributed by atoms with Crippen molar-refractivity contribution in [3.63, 3.8) is 0 Å². The molecular formula is C9H20O2Si. The van der Waals surface area contributed by atoms with Gasteiger partial charge in [0.2, 0.25) is 0 Å². The lowest BCUT2D eigenvalue weighted by molar-refractivity contribution is -0.117. The number of Topliss-reactive ketones (excluding diaryl/α,β-unsaturated/α-hetero) is 1. The SMILES string of the molecule is CC(=O)[C@H](C)[Si](C)(C)OC(C)C. The lowest BCUT2D eigenvalue weighted by Gasteiger charge is -2.29. The maximum atomic E-state index is 11.1. The number of hydrogen-bond donors (Lipinski definition) is 0. The second kappa shape index (κ2) is 4.19. The number of carbonyl (C=O) groups is 1. The zero-order valence-electron chi connectivity index (χ0n) is 8.97. The third-order valence-electron chi connectivity index (χ3n) is 2.19. The van der Waals surface area contributed by atoms with Gasteiger partial charge in [0.25, 0.3) is 0 Å². The highest BCUT2D eigenvalue weighted by Crippen LogP contribution is 2.24. The van der Waals surface area contributed by atoms with Crippen LogP contribution in [0.4, 0.5) is 0 Å². The molecule has 0 aromatic rings. The summed E-state index contributed by atoms with van der Waals surface area (Å²) in [5, 5.41) is 0. The topological polar surface area (TPSA) is 26.3 Å². The van der Waals surface area contributed by atoms with Crippen molar-refractivity contribution in [3.8, 4) is 0 Å². The molecule has 0 fully saturated rings. The van der Waals surface area contributed by atoms with Gasteiger partial charge in [-0.15, -0.1) is 0 Å². The highest BCUT2D eigenvalue weighted by atomic mass is 28.4. The predicted molar refractivity (Wildman–Crippen MR) is 53.8 cm³/mol. The molecule has 0 aliphatic carbocycles. The van der Waals surface area contributed by atoms with E-state index in [2.05, 4.69) is 13.1 Å². The highest BCUT2D eigenvalue weighted by Gasteiger charge is 2.34. The van der Waals surface area contributed by atoms with Crippen molar-refractivity contribution >= 4 is 14.1 Å². The lowest BCUT2D eigenvalue weighted by Crippen LogP contribution is -2.40. The van der Waals surface area contributed by atoms with E-state index in [9.17, 15) is 4.79 Å². The first-order valence-electron chi connectivity index (χ1n) is 4.45. The Labute approximate surface area is 76.4 Å². The Hall–Kier alpha value is -0.153. The Bertz CT molecular complexity index is 164. The van der Waals surface area contributed by atoms with Gasteiger partial charge in [-0.05, 0) is 33.9 Å². The van der Waals surface area contributed by atoms with Crippen molar-refractivity contribution in [2.24, 2.45) is 0 Å². The van der Waals surface area contributed by atoms with Gasteiger partial charge < -0.3 is 4.43 Å². The average molecular weight is 188 g/mol. The minimum absolute atomic E-state index is 0.0971. The summed E-state index contributed by atoms with van der Waals surface area (Å²) in [5.41, 5.74) is 0.0971.